The van der Waals surface area contributed by atoms with E-state index in [4.69, 9.17) is 11.6 Å². The number of rotatable bonds is 4. The van der Waals surface area contributed by atoms with Crippen molar-refractivity contribution in [3.8, 4) is 0 Å². The Morgan fingerprint density at radius 3 is 2.63 bits per heavy atom. The molecular weight excluding hydrogens is 438 g/mol. The van der Waals surface area contributed by atoms with E-state index < -0.39 is 0 Å². The summed E-state index contributed by atoms with van der Waals surface area (Å²) in [6.07, 6.45) is 4.54. The Morgan fingerprint density at radius 2 is 1.97 bits per heavy atom. The van der Waals surface area contributed by atoms with Gasteiger partial charge in [-0.15, -0.1) is 23.5 Å². The lowest BCUT2D eigenvalue weighted by molar-refractivity contribution is -0.137. The lowest BCUT2D eigenvalue weighted by Crippen LogP contribution is -2.44. The van der Waals surface area contributed by atoms with E-state index in [0.717, 1.165) is 12.8 Å². The first-order chi connectivity index (χ1) is 14.5. The van der Waals surface area contributed by atoms with Crippen molar-refractivity contribution < 1.29 is 4.79 Å². The van der Waals surface area contributed by atoms with E-state index in [-0.39, 0.29) is 17.4 Å². The smallest absolute Gasteiger partial charge is 0.258 e. The molecule has 3 atom stereocenters. The highest BCUT2D eigenvalue weighted by molar-refractivity contribution is 8.21. The van der Waals surface area contributed by atoms with Gasteiger partial charge in [-0.3, -0.25) is 9.59 Å². The summed E-state index contributed by atoms with van der Waals surface area (Å²) in [5.41, 5.74) is 0.376. The molecule has 1 aromatic heterocycles. The van der Waals surface area contributed by atoms with Crippen LogP contribution >= 0.6 is 35.1 Å². The van der Waals surface area contributed by atoms with Crippen LogP contribution in [0.15, 0.2) is 23.0 Å². The average molecular weight is 464 g/mol. The van der Waals surface area contributed by atoms with E-state index in [0.29, 0.717) is 50.8 Å². The fourth-order valence-corrected chi connectivity index (χ4v) is 9.73. The maximum absolute atomic E-state index is 13.4. The van der Waals surface area contributed by atoms with Crippen LogP contribution in [0.5, 0.6) is 0 Å². The number of H-pyrrole nitrogens is 1. The number of benzene rings is 1. The molecule has 2 aliphatic carbocycles. The SMILES string of the molecule is CCN(Cc1nc2cc(Cl)ccc2c(=O)[nH]1)C(=O)C1C[C@H]2CC[C@@H](C1)C21SCCS1. The van der Waals surface area contributed by atoms with E-state index in [1.54, 1.807) is 18.2 Å². The molecule has 3 fully saturated rings. The van der Waals surface area contributed by atoms with E-state index in [1.807, 2.05) is 11.8 Å². The van der Waals surface area contributed by atoms with Gasteiger partial charge in [0.25, 0.3) is 5.56 Å². The summed E-state index contributed by atoms with van der Waals surface area (Å²) in [6, 6.07) is 5.07. The molecule has 1 unspecified atom stereocenters. The van der Waals surface area contributed by atoms with Gasteiger partial charge in [0.2, 0.25) is 5.91 Å². The summed E-state index contributed by atoms with van der Waals surface area (Å²) in [7, 11) is 0. The predicted molar refractivity (Wildman–Crippen MR) is 125 cm³/mol. The Hall–Kier alpha value is -1.18. The minimum atomic E-state index is -0.192. The molecule has 2 bridgehead atoms. The third-order valence-corrected chi connectivity index (χ3v) is 11.2. The number of aromatic nitrogens is 2. The van der Waals surface area contributed by atoms with Crippen molar-refractivity contribution in [2.75, 3.05) is 18.1 Å². The third kappa shape index (κ3) is 3.47. The fourth-order valence-electron chi connectivity index (χ4n) is 5.62. The van der Waals surface area contributed by atoms with E-state index in [1.165, 1.54) is 24.3 Å². The van der Waals surface area contributed by atoms with Crippen molar-refractivity contribution in [2.24, 2.45) is 17.8 Å². The predicted octanol–water partition coefficient (Wildman–Crippen LogP) is 4.54. The van der Waals surface area contributed by atoms with Gasteiger partial charge < -0.3 is 9.88 Å². The Balaban J connectivity index is 1.34. The number of hydrogen-bond acceptors (Lipinski definition) is 5. The van der Waals surface area contributed by atoms with Crippen molar-refractivity contribution in [1.82, 2.24) is 14.9 Å². The first-order valence-electron chi connectivity index (χ1n) is 10.8. The standard InChI is InChI=1S/C22H26ClN3O2S2/c1-2-26(12-19-24-18-11-16(23)5-6-17(18)20(27)25-19)21(28)13-9-14-3-4-15(10-13)22(14)29-7-8-30-22/h5-6,11,13-15H,2-4,7-10,12H2,1H3,(H,24,25,27)/t13?,14-,15+. The van der Waals surface area contributed by atoms with Gasteiger partial charge >= 0.3 is 0 Å². The van der Waals surface area contributed by atoms with Gasteiger partial charge in [-0.1, -0.05) is 11.6 Å². The van der Waals surface area contributed by atoms with Gasteiger partial charge in [-0.05, 0) is 62.6 Å². The molecule has 1 N–H and O–H groups in total. The lowest BCUT2D eigenvalue weighted by atomic mass is 9.79. The largest absolute Gasteiger partial charge is 0.335 e. The molecular formula is C22H26ClN3O2S2. The molecule has 1 saturated heterocycles. The number of carbonyl (C=O) groups is 1. The first kappa shape index (κ1) is 20.7. The molecule has 2 aromatic rings. The van der Waals surface area contributed by atoms with Gasteiger partial charge in [0, 0.05) is 29.0 Å². The van der Waals surface area contributed by atoms with Crippen LogP contribution in [0.25, 0.3) is 10.9 Å². The van der Waals surface area contributed by atoms with Gasteiger partial charge in [0.05, 0.1) is 21.5 Å². The molecule has 1 spiro atoms. The van der Waals surface area contributed by atoms with Crippen LogP contribution in [0.3, 0.4) is 0 Å². The summed E-state index contributed by atoms with van der Waals surface area (Å²) in [4.78, 5) is 35.1. The second-order valence-corrected chi connectivity index (χ2v) is 12.0. The van der Waals surface area contributed by atoms with Crippen molar-refractivity contribution in [3.63, 3.8) is 0 Å². The normalized spacial score (nSPS) is 27.1. The number of hydrogen-bond donors (Lipinski definition) is 1. The van der Waals surface area contributed by atoms with Crippen LogP contribution in [0.1, 0.15) is 38.4 Å². The van der Waals surface area contributed by atoms with E-state index >= 15 is 0 Å². The molecule has 3 aliphatic rings. The molecule has 0 radical (unpaired) electrons. The molecule has 5 rings (SSSR count). The second kappa shape index (κ2) is 8.06. The van der Waals surface area contributed by atoms with Crippen LogP contribution in [0.4, 0.5) is 0 Å². The monoisotopic (exact) mass is 463 g/mol. The minimum absolute atomic E-state index is 0.0940. The number of thioether (sulfide) groups is 2. The molecule has 1 amide bonds. The quantitative estimate of drug-likeness (QED) is 0.721. The van der Waals surface area contributed by atoms with Crippen LogP contribution in [-0.2, 0) is 11.3 Å². The van der Waals surface area contributed by atoms with Gasteiger partial charge in [-0.25, -0.2) is 4.98 Å². The Morgan fingerprint density at radius 1 is 1.27 bits per heavy atom. The molecule has 1 aromatic carbocycles. The van der Waals surface area contributed by atoms with Crippen LogP contribution in [0, 0.1) is 17.8 Å². The number of nitrogens with one attached hydrogen (secondary N) is 1. The summed E-state index contributed by atoms with van der Waals surface area (Å²) >= 11 is 10.4. The number of aromatic amines is 1. The van der Waals surface area contributed by atoms with Gasteiger partial charge in [0.1, 0.15) is 5.82 Å². The maximum atomic E-state index is 13.4. The zero-order valence-electron chi connectivity index (χ0n) is 17.0. The Labute approximate surface area is 189 Å². The highest BCUT2D eigenvalue weighted by Crippen LogP contribution is 2.65. The molecule has 8 heteroatoms. The topological polar surface area (TPSA) is 66.1 Å². The molecule has 160 valence electrons. The summed E-state index contributed by atoms with van der Waals surface area (Å²) in [5, 5.41) is 1.06. The number of halogens is 1. The average Bonchev–Trinajstić information content (AvgIpc) is 3.26. The van der Waals surface area contributed by atoms with Crippen molar-refractivity contribution in [1.29, 1.82) is 0 Å². The fraction of sp³-hybridized carbons (Fsp3) is 0.591. The zero-order chi connectivity index (χ0) is 20.9. The number of nitrogens with zero attached hydrogens (tertiary/aromatic N) is 2. The van der Waals surface area contributed by atoms with Crippen molar-refractivity contribution in [3.05, 3.63) is 39.4 Å². The van der Waals surface area contributed by atoms with Crippen LogP contribution in [0.2, 0.25) is 5.02 Å². The lowest BCUT2D eigenvalue weighted by Gasteiger charge is -2.43. The van der Waals surface area contributed by atoms with Crippen LogP contribution < -0.4 is 5.56 Å². The van der Waals surface area contributed by atoms with Crippen LogP contribution in [-0.4, -0.2) is 42.9 Å². The highest BCUT2D eigenvalue weighted by Gasteiger charge is 2.57. The summed E-state index contributed by atoms with van der Waals surface area (Å²) in [5.74, 6) is 4.64. The van der Waals surface area contributed by atoms with Crippen molar-refractivity contribution in [2.45, 2.75) is 43.2 Å². The number of fused-ring (bicyclic) bond motifs is 1. The van der Waals surface area contributed by atoms with E-state index in [2.05, 4.69) is 33.5 Å². The van der Waals surface area contributed by atoms with E-state index in [9.17, 15) is 9.59 Å². The van der Waals surface area contributed by atoms with Gasteiger partial charge in [0.15, 0.2) is 0 Å². The molecule has 2 saturated carbocycles. The maximum Gasteiger partial charge on any atom is 0.258 e. The minimum Gasteiger partial charge on any atom is -0.335 e. The Kier molecular flexibility index (Phi) is 5.57. The summed E-state index contributed by atoms with van der Waals surface area (Å²) < 4.78 is 0.387. The first-order valence-corrected chi connectivity index (χ1v) is 13.1. The van der Waals surface area contributed by atoms with Gasteiger partial charge in [-0.2, -0.15) is 0 Å². The molecule has 30 heavy (non-hydrogen) atoms. The second-order valence-electron chi connectivity index (χ2n) is 8.58. The molecule has 2 heterocycles. The number of amides is 1. The van der Waals surface area contributed by atoms with Crippen molar-refractivity contribution >= 4 is 51.9 Å². The Bertz CT molecular complexity index is 1020. The zero-order valence-corrected chi connectivity index (χ0v) is 19.4. The molecule has 5 nitrogen and oxygen atoms in total. The molecule has 1 aliphatic heterocycles. The third-order valence-electron chi connectivity index (χ3n) is 6.98. The highest BCUT2D eigenvalue weighted by atomic mass is 35.5. The summed E-state index contributed by atoms with van der Waals surface area (Å²) in [6.45, 7) is 2.93. The number of carbonyl (C=O) groups excluding carboxylic acids is 1.